The summed E-state index contributed by atoms with van der Waals surface area (Å²) in [7, 11) is 0. The molecule has 0 N–H and O–H groups in total. The van der Waals surface area contributed by atoms with Gasteiger partial charge in [0.1, 0.15) is 0 Å². The van der Waals surface area contributed by atoms with Crippen molar-refractivity contribution in [3.05, 3.63) is 86.9 Å². The van der Waals surface area contributed by atoms with Crippen LogP contribution in [0.15, 0.2) is 80.8 Å². The zero-order valence-corrected chi connectivity index (χ0v) is 31.9. The highest BCUT2D eigenvalue weighted by Gasteiger charge is 2.13. The molecule has 0 saturated heterocycles. The number of carbonyl (C=O) groups excluding carboxylic acids is 2. The number of hydrogen-bond donors (Lipinski definition) is 0. The van der Waals surface area contributed by atoms with E-state index in [0.29, 0.717) is 12.0 Å². The SMILES string of the molecule is CC.CC(=O)/C=C(/C)C(C(=O)CCCc1ccc(Br)cc1)=C(C)C.CC1=Nc2ccccc2C1.CCCC.CCCOCCC. The lowest BCUT2D eigenvalue weighted by atomic mass is 9.94. The molecule has 4 nitrogen and oxygen atoms in total. The average molecular weight is 685 g/mol. The Morgan fingerprint density at radius 2 is 1.40 bits per heavy atom. The van der Waals surface area contributed by atoms with Crippen LogP contribution in [0.5, 0.6) is 0 Å². The molecule has 0 aliphatic carbocycles. The predicted octanol–water partition coefficient (Wildman–Crippen LogP) is 12.2. The molecule has 0 aromatic heterocycles. The van der Waals surface area contributed by atoms with Crippen molar-refractivity contribution in [2.24, 2.45) is 4.99 Å². The van der Waals surface area contributed by atoms with E-state index < -0.39 is 0 Å². The number of halogens is 1. The van der Waals surface area contributed by atoms with Crippen molar-refractivity contribution in [2.75, 3.05) is 13.2 Å². The highest BCUT2D eigenvalue weighted by atomic mass is 79.9. The first-order valence-corrected chi connectivity index (χ1v) is 17.6. The zero-order valence-electron chi connectivity index (χ0n) is 30.3. The summed E-state index contributed by atoms with van der Waals surface area (Å²) in [4.78, 5) is 28.0. The van der Waals surface area contributed by atoms with Crippen LogP contribution in [0.1, 0.15) is 126 Å². The number of carbonyl (C=O) groups is 2. The first-order valence-electron chi connectivity index (χ1n) is 16.8. The number of rotatable bonds is 12. The molecular weight excluding hydrogens is 622 g/mol. The normalized spacial score (nSPS) is 11.0. The fourth-order valence-corrected chi connectivity index (χ4v) is 4.44. The number of Topliss-reactive ketones (excluding diaryl/α,β-unsaturated/α-hetero) is 1. The minimum Gasteiger partial charge on any atom is -0.381 e. The van der Waals surface area contributed by atoms with Crippen molar-refractivity contribution in [1.29, 1.82) is 0 Å². The van der Waals surface area contributed by atoms with Gasteiger partial charge >= 0.3 is 0 Å². The van der Waals surface area contributed by atoms with Crippen LogP contribution >= 0.6 is 15.9 Å². The Morgan fingerprint density at radius 3 is 1.87 bits per heavy atom. The summed E-state index contributed by atoms with van der Waals surface area (Å²) in [6, 6.07) is 16.4. The molecule has 45 heavy (non-hydrogen) atoms. The predicted molar refractivity (Wildman–Crippen MR) is 201 cm³/mol. The number of benzene rings is 2. The van der Waals surface area contributed by atoms with Crippen molar-refractivity contribution in [2.45, 2.75) is 128 Å². The van der Waals surface area contributed by atoms with Crippen molar-refractivity contribution in [3.63, 3.8) is 0 Å². The average Bonchev–Trinajstić information content (AvgIpc) is 3.40. The van der Waals surface area contributed by atoms with Gasteiger partial charge in [0, 0.05) is 41.8 Å². The number of ketones is 2. The molecule has 0 fully saturated rings. The summed E-state index contributed by atoms with van der Waals surface area (Å²) in [5.41, 5.74) is 7.39. The van der Waals surface area contributed by atoms with Crippen molar-refractivity contribution in [3.8, 4) is 0 Å². The molecular formula is C40H62BrNO3. The lowest BCUT2D eigenvalue weighted by Crippen LogP contribution is -2.07. The molecule has 0 radical (unpaired) electrons. The number of aliphatic imine (C=N–C) groups is 1. The molecule has 0 atom stereocenters. The Balaban J connectivity index is 0. The van der Waals surface area contributed by atoms with E-state index >= 15 is 0 Å². The number of unbranched alkanes of at least 4 members (excludes halogenated alkanes) is 1. The minimum absolute atomic E-state index is 0.0288. The smallest absolute Gasteiger partial charge is 0.163 e. The van der Waals surface area contributed by atoms with Crippen LogP contribution in [-0.2, 0) is 27.2 Å². The van der Waals surface area contributed by atoms with Crippen molar-refractivity contribution in [1.82, 2.24) is 0 Å². The number of hydrogen-bond acceptors (Lipinski definition) is 4. The Kier molecular flexibility index (Phi) is 28.5. The van der Waals surface area contributed by atoms with Crippen LogP contribution in [0.25, 0.3) is 0 Å². The van der Waals surface area contributed by atoms with E-state index in [9.17, 15) is 9.59 Å². The van der Waals surface area contributed by atoms with E-state index in [1.807, 2.05) is 52.8 Å². The monoisotopic (exact) mass is 683 g/mol. The summed E-state index contributed by atoms with van der Waals surface area (Å²) in [6.45, 7) is 23.7. The number of nitrogens with zero attached hydrogens (tertiary/aromatic N) is 1. The summed E-state index contributed by atoms with van der Waals surface area (Å²) in [6.07, 6.45) is 9.68. The maximum atomic E-state index is 12.4. The molecule has 252 valence electrons. The standard InChI is InChI=1S/C19H23BrO2.C9H9N.C6H14O.C4H10.C2H6/c1-13(2)19(14(3)12-15(4)21)18(22)7-5-6-16-8-10-17(20)11-9-16;1-7-6-8-4-2-3-5-9(8)10-7;1-3-5-7-6-4-2;1-3-4-2;1-2/h8-12H,5-7H2,1-4H3;2-5H,6H2,1H3;3-6H2,1-2H3;3-4H2,1-2H3;1-2H3/b14-12-;;;;. The molecule has 1 aliphatic rings. The minimum atomic E-state index is -0.0288. The summed E-state index contributed by atoms with van der Waals surface area (Å²) < 4.78 is 6.19. The van der Waals surface area contributed by atoms with Gasteiger partial charge in [0.2, 0.25) is 0 Å². The maximum Gasteiger partial charge on any atom is 0.163 e. The second-order valence-electron chi connectivity index (χ2n) is 11.0. The fourth-order valence-electron chi connectivity index (χ4n) is 4.18. The Morgan fingerprint density at radius 1 is 0.844 bits per heavy atom. The second kappa shape index (κ2) is 28.8. The summed E-state index contributed by atoms with van der Waals surface area (Å²) >= 11 is 3.41. The summed E-state index contributed by atoms with van der Waals surface area (Å²) in [5, 5.41) is 0. The molecule has 2 aromatic carbocycles. The lowest BCUT2D eigenvalue weighted by Gasteiger charge is -2.10. The van der Waals surface area contributed by atoms with Gasteiger partial charge in [0.05, 0.1) is 5.69 Å². The Bertz CT molecular complexity index is 1170. The molecule has 0 amide bonds. The van der Waals surface area contributed by atoms with E-state index in [-0.39, 0.29) is 11.6 Å². The number of ether oxygens (including phenoxy) is 1. The van der Waals surface area contributed by atoms with Gasteiger partial charge in [-0.05, 0) is 101 Å². The van der Waals surface area contributed by atoms with Crippen LogP contribution in [0.3, 0.4) is 0 Å². The third-order valence-corrected chi connectivity index (χ3v) is 6.85. The molecule has 1 heterocycles. The topological polar surface area (TPSA) is 55.7 Å². The van der Waals surface area contributed by atoms with Crippen LogP contribution < -0.4 is 0 Å². The number of para-hydroxylation sites is 1. The quantitative estimate of drug-likeness (QED) is 0.127. The molecule has 3 rings (SSSR count). The van der Waals surface area contributed by atoms with E-state index in [2.05, 4.69) is 85.9 Å². The third-order valence-electron chi connectivity index (χ3n) is 6.32. The lowest BCUT2D eigenvalue weighted by molar-refractivity contribution is -0.115. The van der Waals surface area contributed by atoms with Crippen molar-refractivity contribution < 1.29 is 14.3 Å². The van der Waals surface area contributed by atoms with Gasteiger partial charge < -0.3 is 4.74 Å². The number of aryl methyl sites for hydroxylation is 1. The Hall–Kier alpha value is -2.63. The Labute approximate surface area is 285 Å². The van der Waals surface area contributed by atoms with Gasteiger partial charge in [-0.3, -0.25) is 14.6 Å². The van der Waals surface area contributed by atoms with E-state index in [1.165, 1.54) is 42.7 Å². The molecule has 2 aromatic rings. The highest BCUT2D eigenvalue weighted by molar-refractivity contribution is 9.10. The molecule has 0 spiro atoms. The van der Waals surface area contributed by atoms with Crippen LogP contribution in [0.2, 0.25) is 0 Å². The van der Waals surface area contributed by atoms with Gasteiger partial charge in [-0.2, -0.15) is 0 Å². The summed E-state index contributed by atoms with van der Waals surface area (Å²) in [5.74, 6) is 0.0889. The van der Waals surface area contributed by atoms with Gasteiger partial charge in [0.25, 0.3) is 0 Å². The largest absolute Gasteiger partial charge is 0.381 e. The first kappa shape index (κ1) is 44.5. The second-order valence-corrected chi connectivity index (χ2v) is 11.9. The van der Waals surface area contributed by atoms with Crippen molar-refractivity contribution >= 4 is 38.9 Å². The van der Waals surface area contributed by atoms with E-state index in [0.717, 1.165) is 66.6 Å². The van der Waals surface area contributed by atoms with Gasteiger partial charge in [-0.25, -0.2) is 0 Å². The van der Waals surface area contributed by atoms with Crippen LogP contribution in [0.4, 0.5) is 5.69 Å². The highest BCUT2D eigenvalue weighted by Crippen LogP contribution is 2.25. The van der Waals surface area contributed by atoms with E-state index in [4.69, 9.17) is 4.74 Å². The molecule has 5 heteroatoms. The zero-order chi connectivity index (χ0) is 34.6. The van der Waals surface area contributed by atoms with E-state index in [1.54, 1.807) is 0 Å². The molecule has 0 unspecified atom stereocenters. The number of fused-ring (bicyclic) bond motifs is 1. The first-order chi connectivity index (χ1) is 21.5. The van der Waals surface area contributed by atoms with Gasteiger partial charge in [-0.15, -0.1) is 0 Å². The van der Waals surface area contributed by atoms with Crippen LogP contribution in [0, 0.1) is 0 Å². The fraction of sp³-hybridized carbons (Fsp3) is 0.525. The third kappa shape index (κ3) is 22.5. The maximum absolute atomic E-state index is 12.4. The molecule has 1 aliphatic heterocycles. The van der Waals surface area contributed by atoms with Gasteiger partial charge in [0.15, 0.2) is 11.6 Å². The van der Waals surface area contributed by atoms with Crippen LogP contribution in [-0.4, -0.2) is 30.5 Å². The number of allylic oxidation sites excluding steroid dienone is 4. The molecule has 0 bridgehead atoms. The molecule has 0 saturated carbocycles. The van der Waals surface area contributed by atoms with Gasteiger partial charge in [-0.1, -0.05) is 106 Å².